The molecule has 1 aliphatic rings. The first-order valence-corrected chi connectivity index (χ1v) is 13.4. The minimum absolute atomic E-state index is 0.0455. The van der Waals surface area contributed by atoms with Crippen molar-refractivity contribution in [2.24, 2.45) is 5.92 Å². The van der Waals surface area contributed by atoms with Crippen LogP contribution in [0.4, 0.5) is 0 Å². The number of aliphatic hydroxyl groups excluding tert-OH is 1. The molecule has 0 amide bonds. The Bertz CT molecular complexity index is 646. The van der Waals surface area contributed by atoms with Gasteiger partial charge >= 0.3 is 0 Å². The smallest absolute Gasteiger partial charge is 0.192 e. The molecule has 0 saturated heterocycles. The third kappa shape index (κ3) is 6.33. The highest BCUT2D eigenvalue weighted by atomic mass is 28.4. The highest BCUT2D eigenvalue weighted by Gasteiger charge is 2.39. The first kappa shape index (κ1) is 22.9. The Morgan fingerprint density at radius 2 is 1.93 bits per heavy atom. The average molecular weight is 403 g/mol. The molecule has 1 aliphatic carbocycles. The van der Waals surface area contributed by atoms with Crippen molar-refractivity contribution in [3.63, 3.8) is 0 Å². The zero-order valence-electron chi connectivity index (χ0n) is 18.3. The van der Waals surface area contributed by atoms with Crippen LogP contribution in [0.5, 0.6) is 5.75 Å². The molecule has 0 aromatic heterocycles. The fraction of sp³-hybridized carbons (Fsp3) is 0.583. The standard InChI is InChI=1S/C24H38O3Si/c1-7-11-22-19(15-17-23(22)25)14-16-21(27-28(5,6)24(2,3)4)18-26-20-12-9-8-10-13-20/h7-10,12-13,15,21-23,25H,1,11,14,16-18H2,2-6H3/t21-,22-,23+/m1/s1. The first-order chi connectivity index (χ1) is 13.1. The van der Waals surface area contributed by atoms with Gasteiger partial charge in [-0.1, -0.05) is 56.7 Å². The van der Waals surface area contributed by atoms with Gasteiger partial charge in [0.25, 0.3) is 0 Å². The van der Waals surface area contributed by atoms with Gasteiger partial charge in [0.15, 0.2) is 8.32 Å². The topological polar surface area (TPSA) is 38.7 Å². The van der Waals surface area contributed by atoms with Crippen LogP contribution in [0.2, 0.25) is 18.1 Å². The van der Waals surface area contributed by atoms with Gasteiger partial charge in [0.05, 0.1) is 12.2 Å². The Morgan fingerprint density at radius 3 is 2.54 bits per heavy atom. The summed E-state index contributed by atoms with van der Waals surface area (Å²) in [6, 6.07) is 9.94. The van der Waals surface area contributed by atoms with Crippen LogP contribution in [0.3, 0.4) is 0 Å². The fourth-order valence-electron chi connectivity index (χ4n) is 3.41. The number of aliphatic hydroxyl groups is 1. The van der Waals surface area contributed by atoms with Crippen molar-refractivity contribution in [3.05, 3.63) is 54.6 Å². The van der Waals surface area contributed by atoms with Crippen molar-refractivity contribution in [2.45, 2.75) is 76.8 Å². The normalized spacial score (nSPS) is 21.3. The Kier molecular flexibility index (Phi) is 8.11. The molecule has 0 aliphatic heterocycles. The highest BCUT2D eigenvalue weighted by Crippen LogP contribution is 2.39. The predicted molar refractivity (Wildman–Crippen MR) is 120 cm³/mol. The van der Waals surface area contributed by atoms with Crippen LogP contribution in [-0.2, 0) is 4.43 Å². The molecule has 0 fully saturated rings. The van der Waals surface area contributed by atoms with Crippen molar-refractivity contribution in [1.82, 2.24) is 0 Å². The van der Waals surface area contributed by atoms with Gasteiger partial charge in [0, 0.05) is 5.92 Å². The molecule has 1 aromatic rings. The van der Waals surface area contributed by atoms with Gasteiger partial charge in [-0.2, -0.15) is 0 Å². The molecule has 0 unspecified atom stereocenters. The zero-order chi connectivity index (χ0) is 20.8. The van der Waals surface area contributed by atoms with E-state index in [0.717, 1.165) is 31.4 Å². The first-order valence-electron chi connectivity index (χ1n) is 10.5. The number of allylic oxidation sites excluding steroid dienone is 1. The van der Waals surface area contributed by atoms with Gasteiger partial charge in [-0.05, 0) is 55.9 Å². The van der Waals surface area contributed by atoms with Crippen LogP contribution < -0.4 is 4.74 Å². The van der Waals surface area contributed by atoms with E-state index < -0.39 is 8.32 Å². The summed E-state index contributed by atoms with van der Waals surface area (Å²) in [6.07, 6.45) is 7.33. The molecule has 0 heterocycles. The maximum Gasteiger partial charge on any atom is 0.192 e. The molecule has 3 nitrogen and oxygen atoms in total. The number of hydrogen-bond acceptors (Lipinski definition) is 3. The second-order valence-electron chi connectivity index (χ2n) is 9.38. The lowest BCUT2D eigenvalue weighted by atomic mass is 9.92. The fourth-order valence-corrected chi connectivity index (χ4v) is 4.79. The lowest BCUT2D eigenvalue weighted by Gasteiger charge is -2.39. The van der Waals surface area contributed by atoms with Gasteiger partial charge in [0.2, 0.25) is 0 Å². The third-order valence-electron chi connectivity index (χ3n) is 6.18. The van der Waals surface area contributed by atoms with E-state index in [-0.39, 0.29) is 23.2 Å². The molecular formula is C24H38O3Si. The number of rotatable bonds is 10. The lowest BCUT2D eigenvalue weighted by molar-refractivity contribution is 0.105. The SMILES string of the molecule is C=CC[C@@H]1C(CC[C@H](COc2ccccc2)O[Si](C)(C)C(C)(C)C)=CC[C@@H]1O. The number of benzene rings is 1. The summed E-state index contributed by atoms with van der Waals surface area (Å²) in [7, 11) is -1.89. The lowest BCUT2D eigenvalue weighted by Crippen LogP contribution is -2.45. The van der Waals surface area contributed by atoms with Gasteiger partial charge in [0.1, 0.15) is 12.4 Å². The Labute approximate surface area is 172 Å². The van der Waals surface area contributed by atoms with Crippen molar-refractivity contribution in [2.75, 3.05) is 6.61 Å². The van der Waals surface area contributed by atoms with Crippen molar-refractivity contribution >= 4 is 8.32 Å². The molecule has 3 atom stereocenters. The van der Waals surface area contributed by atoms with Crippen LogP contribution in [0.25, 0.3) is 0 Å². The van der Waals surface area contributed by atoms with E-state index in [0.29, 0.717) is 6.61 Å². The van der Waals surface area contributed by atoms with Crippen LogP contribution in [0, 0.1) is 5.92 Å². The van der Waals surface area contributed by atoms with E-state index in [1.54, 1.807) is 0 Å². The van der Waals surface area contributed by atoms with E-state index in [2.05, 4.69) is 46.5 Å². The van der Waals surface area contributed by atoms with Gasteiger partial charge in [-0.15, -0.1) is 6.58 Å². The van der Waals surface area contributed by atoms with E-state index in [1.165, 1.54) is 5.57 Å². The van der Waals surface area contributed by atoms with E-state index in [4.69, 9.17) is 9.16 Å². The number of para-hydroxylation sites is 1. The summed E-state index contributed by atoms with van der Waals surface area (Å²) in [5, 5.41) is 10.4. The maximum absolute atomic E-state index is 10.3. The molecule has 0 spiro atoms. The monoisotopic (exact) mass is 402 g/mol. The van der Waals surface area contributed by atoms with Crippen LogP contribution in [-0.4, -0.2) is 32.2 Å². The molecule has 1 N–H and O–H groups in total. The third-order valence-corrected chi connectivity index (χ3v) is 10.7. The molecular weight excluding hydrogens is 364 g/mol. The second-order valence-corrected chi connectivity index (χ2v) is 14.1. The quantitative estimate of drug-likeness (QED) is 0.378. The van der Waals surface area contributed by atoms with Gasteiger partial charge in [-0.3, -0.25) is 0 Å². The largest absolute Gasteiger partial charge is 0.491 e. The molecule has 1 aromatic carbocycles. The second kappa shape index (κ2) is 9.90. The molecule has 28 heavy (non-hydrogen) atoms. The Morgan fingerprint density at radius 1 is 1.25 bits per heavy atom. The Hall–Kier alpha value is -1.36. The molecule has 0 radical (unpaired) electrons. The summed E-state index contributed by atoms with van der Waals surface area (Å²) in [4.78, 5) is 0. The van der Waals surface area contributed by atoms with E-state index in [9.17, 15) is 5.11 Å². The summed E-state index contributed by atoms with van der Waals surface area (Å²) in [5.41, 5.74) is 1.34. The zero-order valence-corrected chi connectivity index (χ0v) is 19.3. The van der Waals surface area contributed by atoms with E-state index >= 15 is 0 Å². The predicted octanol–water partition coefficient (Wildman–Crippen LogP) is 6.12. The van der Waals surface area contributed by atoms with Gasteiger partial charge < -0.3 is 14.3 Å². The number of hydrogen-bond donors (Lipinski definition) is 1. The van der Waals surface area contributed by atoms with Crippen molar-refractivity contribution < 1.29 is 14.3 Å². The summed E-state index contributed by atoms with van der Waals surface area (Å²) < 4.78 is 12.8. The molecule has 4 heteroatoms. The maximum atomic E-state index is 10.3. The molecule has 156 valence electrons. The Balaban J connectivity index is 2.04. The summed E-state index contributed by atoms with van der Waals surface area (Å²) in [6.45, 7) is 15.8. The van der Waals surface area contributed by atoms with Crippen LogP contribution in [0.1, 0.15) is 46.5 Å². The van der Waals surface area contributed by atoms with Crippen molar-refractivity contribution in [3.8, 4) is 5.75 Å². The van der Waals surface area contributed by atoms with Crippen LogP contribution in [0.15, 0.2) is 54.6 Å². The summed E-state index contributed by atoms with van der Waals surface area (Å²) in [5.74, 6) is 1.09. The minimum atomic E-state index is -1.89. The summed E-state index contributed by atoms with van der Waals surface area (Å²) >= 11 is 0. The number of ether oxygens (including phenoxy) is 1. The highest BCUT2D eigenvalue weighted by molar-refractivity contribution is 6.74. The minimum Gasteiger partial charge on any atom is -0.491 e. The van der Waals surface area contributed by atoms with Crippen LogP contribution >= 0.6 is 0 Å². The van der Waals surface area contributed by atoms with Crippen molar-refractivity contribution in [1.29, 1.82) is 0 Å². The molecule has 0 bridgehead atoms. The average Bonchev–Trinajstić information content (AvgIpc) is 2.97. The van der Waals surface area contributed by atoms with E-state index in [1.807, 2.05) is 36.4 Å². The molecule has 2 rings (SSSR count). The van der Waals surface area contributed by atoms with Gasteiger partial charge in [-0.25, -0.2) is 0 Å². The molecule has 0 saturated carbocycles.